The van der Waals surface area contributed by atoms with E-state index in [-0.39, 0.29) is 0 Å². The highest BCUT2D eigenvalue weighted by atomic mass is 79.9. The van der Waals surface area contributed by atoms with Gasteiger partial charge in [-0.3, -0.25) is 0 Å². The fraction of sp³-hybridized carbons (Fsp3) is 0.143. The van der Waals surface area contributed by atoms with E-state index in [1.165, 1.54) is 11.3 Å². The van der Waals surface area contributed by atoms with Gasteiger partial charge in [0.2, 0.25) is 9.84 Å². The lowest BCUT2D eigenvalue weighted by molar-refractivity contribution is 0.598. The first-order valence-electron chi connectivity index (χ1n) is 6.33. The summed E-state index contributed by atoms with van der Waals surface area (Å²) < 4.78 is 26.4. The summed E-state index contributed by atoms with van der Waals surface area (Å²) in [5.74, 6) is 0. The number of aromatic amines is 1. The van der Waals surface area contributed by atoms with Crippen molar-refractivity contribution in [3.63, 3.8) is 0 Å². The molecule has 2 heterocycles. The first-order chi connectivity index (χ1) is 10.0. The van der Waals surface area contributed by atoms with Crippen molar-refractivity contribution in [1.29, 1.82) is 0 Å². The Bertz CT molecular complexity index is 897. The van der Waals surface area contributed by atoms with E-state index in [9.17, 15) is 8.42 Å². The van der Waals surface area contributed by atoms with Gasteiger partial charge >= 0.3 is 0 Å². The minimum atomic E-state index is -3.49. The highest BCUT2D eigenvalue weighted by Crippen LogP contribution is 2.34. The lowest BCUT2D eigenvalue weighted by Gasteiger charge is -2.02. The van der Waals surface area contributed by atoms with Gasteiger partial charge in [-0.15, -0.1) is 11.3 Å². The molecule has 0 bridgehead atoms. The van der Waals surface area contributed by atoms with Crippen molar-refractivity contribution < 1.29 is 8.42 Å². The molecule has 0 radical (unpaired) electrons. The number of thiophene rings is 1. The predicted octanol–water partition coefficient (Wildman–Crippen LogP) is 3.33. The van der Waals surface area contributed by atoms with Crippen LogP contribution in [0.3, 0.4) is 0 Å². The predicted molar refractivity (Wildman–Crippen MR) is 88.5 cm³/mol. The number of benzene rings is 1. The second-order valence-electron chi connectivity index (χ2n) is 4.62. The molecule has 0 fully saturated rings. The van der Waals surface area contributed by atoms with Crippen LogP contribution in [-0.2, 0) is 16.3 Å². The highest BCUT2D eigenvalue weighted by Gasteiger charge is 2.22. The summed E-state index contributed by atoms with van der Waals surface area (Å²) in [5, 5.41) is 0.944. The Balaban J connectivity index is 2.11. The molecule has 0 atom stereocenters. The van der Waals surface area contributed by atoms with Crippen LogP contribution in [0.25, 0.3) is 10.2 Å². The molecule has 21 heavy (non-hydrogen) atoms. The van der Waals surface area contributed by atoms with Crippen LogP contribution >= 0.6 is 27.3 Å². The van der Waals surface area contributed by atoms with Gasteiger partial charge in [-0.1, -0.05) is 22.0 Å². The summed E-state index contributed by atoms with van der Waals surface area (Å²) in [4.78, 5) is 4.28. The molecule has 1 aromatic carbocycles. The fourth-order valence-corrected chi connectivity index (χ4v) is 5.56. The third-order valence-corrected chi connectivity index (χ3v) is 7.00. The van der Waals surface area contributed by atoms with Crippen molar-refractivity contribution in [1.82, 2.24) is 4.98 Å². The van der Waals surface area contributed by atoms with Crippen molar-refractivity contribution in [2.75, 3.05) is 6.54 Å². The van der Waals surface area contributed by atoms with Gasteiger partial charge in [-0.05, 0) is 42.8 Å². The molecule has 0 aliphatic heterocycles. The van der Waals surface area contributed by atoms with Gasteiger partial charge in [-0.2, -0.15) is 0 Å². The molecule has 4 nitrogen and oxygen atoms in total. The van der Waals surface area contributed by atoms with Crippen LogP contribution in [0.1, 0.15) is 5.56 Å². The van der Waals surface area contributed by atoms with Gasteiger partial charge in [0.1, 0.15) is 9.04 Å². The molecule has 3 N–H and O–H groups in total. The Hall–Kier alpha value is -1.15. The number of sulfone groups is 1. The molecular weight excluding hydrogens is 372 g/mol. The van der Waals surface area contributed by atoms with Crippen LogP contribution in [0.4, 0.5) is 0 Å². The molecule has 110 valence electrons. The fourth-order valence-electron chi connectivity index (χ4n) is 2.19. The molecule has 0 spiro atoms. The third kappa shape index (κ3) is 2.66. The number of nitrogens with one attached hydrogen (secondary N) is 1. The second kappa shape index (κ2) is 5.57. The number of rotatable bonds is 4. The number of nitrogens with two attached hydrogens (primary N) is 1. The lowest BCUT2D eigenvalue weighted by atomic mass is 10.2. The van der Waals surface area contributed by atoms with E-state index in [2.05, 4.69) is 20.9 Å². The summed E-state index contributed by atoms with van der Waals surface area (Å²) in [6, 6.07) is 8.48. The molecule has 3 rings (SSSR count). The van der Waals surface area contributed by atoms with Gasteiger partial charge in [0.25, 0.3) is 0 Å². The van der Waals surface area contributed by atoms with Gasteiger partial charge in [0, 0.05) is 16.1 Å². The number of halogens is 1. The van der Waals surface area contributed by atoms with E-state index in [0.717, 1.165) is 26.7 Å². The second-order valence-corrected chi connectivity index (χ2v) is 8.77. The third-order valence-electron chi connectivity index (χ3n) is 3.22. The van der Waals surface area contributed by atoms with Crippen molar-refractivity contribution in [3.05, 3.63) is 46.6 Å². The topological polar surface area (TPSA) is 76.0 Å². The molecule has 0 unspecified atom stereocenters. The minimum Gasteiger partial charge on any atom is -0.353 e. The van der Waals surface area contributed by atoms with Crippen molar-refractivity contribution in [2.45, 2.75) is 15.5 Å². The quantitative estimate of drug-likeness (QED) is 0.724. The molecule has 2 aromatic heterocycles. The normalized spacial score (nSPS) is 12.1. The van der Waals surface area contributed by atoms with Crippen molar-refractivity contribution >= 4 is 47.3 Å². The number of hydrogen-bond donors (Lipinski definition) is 2. The summed E-state index contributed by atoms with van der Waals surface area (Å²) >= 11 is 4.56. The Morgan fingerprint density at radius 2 is 2.10 bits per heavy atom. The zero-order chi connectivity index (χ0) is 15.0. The van der Waals surface area contributed by atoms with Crippen LogP contribution in [0.15, 0.2) is 50.1 Å². The minimum absolute atomic E-state index is 0.293. The van der Waals surface area contributed by atoms with E-state index in [4.69, 9.17) is 5.73 Å². The molecule has 0 amide bonds. The van der Waals surface area contributed by atoms with Crippen LogP contribution in [0, 0.1) is 0 Å². The summed E-state index contributed by atoms with van der Waals surface area (Å²) in [7, 11) is -3.49. The Labute approximate surface area is 135 Å². The standard InChI is InChI=1S/C14H13BrN2O2S2/c15-10-2-1-3-11(6-10)21(18,19)13-7-12-9(4-5-16)8-17-14(12)20-13/h1-3,6-8,17H,4-5,16H2. The van der Waals surface area contributed by atoms with Gasteiger partial charge in [0.15, 0.2) is 0 Å². The van der Waals surface area contributed by atoms with Gasteiger partial charge in [0.05, 0.1) is 4.90 Å². The average molecular weight is 385 g/mol. The highest BCUT2D eigenvalue weighted by molar-refractivity contribution is 9.10. The molecule has 3 aromatic rings. The molecule has 0 saturated heterocycles. The van der Waals surface area contributed by atoms with Crippen LogP contribution in [0.5, 0.6) is 0 Å². The van der Waals surface area contributed by atoms with E-state index in [1.54, 1.807) is 30.3 Å². The maximum absolute atomic E-state index is 12.7. The largest absolute Gasteiger partial charge is 0.353 e. The van der Waals surface area contributed by atoms with Gasteiger partial charge < -0.3 is 10.7 Å². The maximum atomic E-state index is 12.7. The zero-order valence-electron chi connectivity index (χ0n) is 11.0. The van der Waals surface area contributed by atoms with Crippen molar-refractivity contribution in [3.8, 4) is 0 Å². The summed E-state index contributed by atoms with van der Waals surface area (Å²) in [5.41, 5.74) is 6.63. The number of fused-ring (bicyclic) bond motifs is 1. The Morgan fingerprint density at radius 3 is 2.81 bits per heavy atom. The maximum Gasteiger partial charge on any atom is 0.216 e. The van der Waals surface area contributed by atoms with E-state index < -0.39 is 9.84 Å². The van der Waals surface area contributed by atoms with Gasteiger partial charge in [-0.25, -0.2) is 8.42 Å². The average Bonchev–Trinajstić information content (AvgIpc) is 3.01. The molecular formula is C14H13BrN2O2S2. The number of H-pyrrole nitrogens is 1. The van der Waals surface area contributed by atoms with E-state index in [0.29, 0.717) is 15.6 Å². The summed E-state index contributed by atoms with van der Waals surface area (Å²) in [6.45, 7) is 0.538. The number of aromatic nitrogens is 1. The first-order valence-corrected chi connectivity index (χ1v) is 9.42. The molecule has 0 saturated carbocycles. The van der Waals surface area contributed by atoms with Crippen LogP contribution < -0.4 is 5.73 Å². The molecule has 0 aliphatic rings. The van der Waals surface area contributed by atoms with Crippen molar-refractivity contribution in [2.24, 2.45) is 5.73 Å². The van der Waals surface area contributed by atoms with E-state index >= 15 is 0 Å². The summed E-state index contributed by atoms with van der Waals surface area (Å²) in [6.07, 6.45) is 2.62. The first kappa shape index (κ1) is 14.8. The number of hydrogen-bond acceptors (Lipinski definition) is 4. The Kier molecular flexibility index (Phi) is 3.92. The Morgan fingerprint density at radius 1 is 1.29 bits per heavy atom. The smallest absolute Gasteiger partial charge is 0.216 e. The van der Waals surface area contributed by atoms with Crippen LogP contribution in [0.2, 0.25) is 0 Å². The van der Waals surface area contributed by atoms with Crippen LogP contribution in [-0.4, -0.2) is 19.9 Å². The molecule has 0 aliphatic carbocycles. The monoisotopic (exact) mass is 384 g/mol. The molecule has 7 heteroatoms. The van der Waals surface area contributed by atoms with E-state index in [1.807, 2.05) is 6.20 Å². The SMILES string of the molecule is NCCc1c[nH]c2sc(S(=O)(=O)c3cccc(Br)c3)cc12. The lowest BCUT2D eigenvalue weighted by Crippen LogP contribution is -2.02. The zero-order valence-corrected chi connectivity index (χ0v) is 14.2.